The zero-order valence-corrected chi connectivity index (χ0v) is 20.8. The van der Waals surface area contributed by atoms with Crippen LogP contribution in [0.3, 0.4) is 0 Å². The quantitative estimate of drug-likeness (QED) is 0.530. The summed E-state index contributed by atoms with van der Waals surface area (Å²) in [4.78, 5) is 7.61. The van der Waals surface area contributed by atoms with Crippen molar-refractivity contribution in [3.63, 3.8) is 0 Å². The third-order valence-corrected chi connectivity index (χ3v) is 8.57. The molecule has 0 saturated carbocycles. The summed E-state index contributed by atoms with van der Waals surface area (Å²) in [5.41, 5.74) is 2.91. The van der Waals surface area contributed by atoms with Crippen LogP contribution in [-0.2, 0) is 23.1 Å². The number of rotatable bonds is 6. The molecule has 34 heavy (non-hydrogen) atoms. The number of fused-ring (bicyclic) bond motifs is 2. The van der Waals surface area contributed by atoms with E-state index in [0.29, 0.717) is 25.3 Å². The number of aromatic nitrogens is 2. The van der Waals surface area contributed by atoms with Crippen LogP contribution in [0.4, 0.5) is 0 Å². The van der Waals surface area contributed by atoms with Crippen molar-refractivity contribution < 1.29 is 17.9 Å². The third kappa shape index (κ3) is 4.16. The predicted octanol–water partition coefficient (Wildman–Crippen LogP) is 3.80. The van der Waals surface area contributed by atoms with Gasteiger partial charge in [-0.25, -0.2) is 17.7 Å². The van der Waals surface area contributed by atoms with E-state index in [1.54, 1.807) is 26.2 Å². The van der Waals surface area contributed by atoms with Gasteiger partial charge in [0, 0.05) is 33.1 Å². The molecular formula is C25H32N4O4S. The first-order valence-electron chi connectivity index (χ1n) is 11.9. The number of benzene rings is 2. The highest BCUT2D eigenvalue weighted by atomic mass is 32.2. The maximum Gasteiger partial charge on any atom is 0.242 e. The van der Waals surface area contributed by atoms with Crippen molar-refractivity contribution in [1.29, 1.82) is 0 Å². The van der Waals surface area contributed by atoms with Crippen molar-refractivity contribution in [2.75, 3.05) is 33.9 Å². The number of nitrogens with zero attached hydrogens (tertiary/aromatic N) is 4. The number of aryl methyl sites for hydroxylation is 1. The normalized spacial score (nSPS) is 19.1. The summed E-state index contributed by atoms with van der Waals surface area (Å²) in [5, 5.41) is 0. The summed E-state index contributed by atoms with van der Waals surface area (Å²) in [6.45, 7) is 5.93. The molecule has 0 bridgehead atoms. The van der Waals surface area contributed by atoms with Gasteiger partial charge in [-0.15, -0.1) is 0 Å². The minimum absolute atomic E-state index is 0.267. The lowest BCUT2D eigenvalue weighted by Crippen LogP contribution is -2.24. The van der Waals surface area contributed by atoms with Gasteiger partial charge in [-0.2, -0.15) is 0 Å². The molecule has 1 saturated heterocycles. The molecule has 9 heteroatoms. The van der Waals surface area contributed by atoms with Gasteiger partial charge in [0.2, 0.25) is 10.0 Å². The van der Waals surface area contributed by atoms with Crippen molar-refractivity contribution in [3.8, 4) is 11.5 Å². The van der Waals surface area contributed by atoms with E-state index in [2.05, 4.69) is 28.5 Å². The Morgan fingerprint density at radius 3 is 2.62 bits per heavy atom. The van der Waals surface area contributed by atoms with Gasteiger partial charge in [-0.3, -0.25) is 4.90 Å². The topological polar surface area (TPSA) is 76.9 Å². The number of sulfonamides is 1. The van der Waals surface area contributed by atoms with Crippen LogP contribution in [-0.4, -0.2) is 61.0 Å². The molecule has 2 aliphatic rings. The Kier molecular flexibility index (Phi) is 6.26. The van der Waals surface area contributed by atoms with Crippen molar-refractivity contribution in [3.05, 3.63) is 47.8 Å². The van der Waals surface area contributed by atoms with Crippen LogP contribution in [0.1, 0.15) is 43.6 Å². The lowest BCUT2D eigenvalue weighted by molar-refractivity contribution is 0.238. The lowest BCUT2D eigenvalue weighted by atomic mass is 10.0. The molecule has 2 aromatic carbocycles. The van der Waals surface area contributed by atoms with Gasteiger partial charge in [-0.05, 0) is 62.2 Å². The Bertz CT molecular complexity index is 1300. The van der Waals surface area contributed by atoms with Crippen LogP contribution in [0, 0.1) is 0 Å². The van der Waals surface area contributed by atoms with Crippen molar-refractivity contribution in [2.45, 2.75) is 50.2 Å². The predicted molar refractivity (Wildman–Crippen MR) is 131 cm³/mol. The SMILES string of the molecule is CCn1c(CN2CCC[C@@H]2c2ccc3c(c2)OCCCO3)nc2cc(S(=O)(=O)N(C)C)ccc21. The second-order valence-corrected chi connectivity index (χ2v) is 11.2. The Hall–Kier alpha value is -2.62. The van der Waals surface area contributed by atoms with E-state index in [4.69, 9.17) is 14.5 Å². The van der Waals surface area contributed by atoms with E-state index in [1.165, 1.54) is 9.87 Å². The highest BCUT2D eigenvalue weighted by Crippen LogP contribution is 2.38. The fourth-order valence-corrected chi connectivity index (χ4v) is 5.89. The summed E-state index contributed by atoms with van der Waals surface area (Å²) in [6, 6.07) is 11.8. The highest BCUT2D eigenvalue weighted by Gasteiger charge is 2.29. The summed E-state index contributed by atoms with van der Waals surface area (Å²) in [6.07, 6.45) is 3.10. The van der Waals surface area contributed by atoms with Gasteiger partial charge in [0.05, 0.1) is 35.7 Å². The fraction of sp³-hybridized carbons (Fsp3) is 0.480. The minimum atomic E-state index is -3.50. The van der Waals surface area contributed by atoms with Crippen LogP contribution < -0.4 is 9.47 Å². The van der Waals surface area contributed by atoms with E-state index >= 15 is 0 Å². The number of imidazole rings is 1. The summed E-state index contributed by atoms with van der Waals surface area (Å²) in [7, 11) is -0.416. The number of hydrogen-bond acceptors (Lipinski definition) is 6. The van der Waals surface area contributed by atoms with E-state index in [0.717, 1.165) is 55.2 Å². The van der Waals surface area contributed by atoms with E-state index in [-0.39, 0.29) is 10.9 Å². The maximum absolute atomic E-state index is 12.6. The fourth-order valence-electron chi connectivity index (χ4n) is 4.97. The first-order chi connectivity index (χ1) is 16.4. The smallest absolute Gasteiger partial charge is 0.242 e. The van der Waals surface area contributed by atoms with E-state index in [1.807, 2.05) is 12.1 Å². The highest BCUT2D eigenvalue weighted by molar-refractivity contribution is 7.89. The number of hydrogen-bond donors (Lipinski definition) is 0. The molecule has 1 atom stereocenters. The molecule has 3 aromatic rings. The summed E-state index contributed by atoms with van der Waals surface area (Å²) < 4.78 is 40.3. The first-order valence-corrected chi connectivity index (χ1v) is 13.4. The Balaban J connectivity index is 1.44. The number of ether oxygens (including phenoxy) is 2. The monoisotopic (exact) mass is 484 g/mol. The zero-order valence-electron chi connectivity index (χ0n) is 20.0. The second kappa shape index (κ2) is 9.20. The van der Waals surface area contributed by atoms with E-state index in [9.17, 15) is 8.42 Å². The molecule has 5 rings (SSSR count). The molecule has 182 valence electrons. The molecule has 0 spiro atoms. The van der Waals surface area contributed by atoms with Crippen molar-refractivity contribution in [1.82, 2.24) is 18.8 Å². The molecule has 1 aromatic heterocycles. The molecule has 0 aliphatic carbocycles. The molecule has 2 aliphatic heterocycles. The molecular weight excluding hydrogens is 452 g/mol. The van der Waals surface area contributed by atoms with Gasteiger partial charge in [0.15, 0.2) is 11.5 Å². The van der Waals surface area contributed by atoms with Crippen molar-refractivity contribution >= 4 is 21.1 Å². The maximum atomic E-state index is 12.6. The summed E-state index contributed by atoms with van der Waals surface area (Å²) >= 11 is 0. The van der Waals surface area contributed by atoms with Gasteiger partial charge in [0.25, 0.3) is 0 Å². The Morgan fingerprint density at radius 2 is 1.85 bits per heavy atom. The van der Waals surface area contributed by atoms with Gasteiger partial charge < -0.3 is 14.0 Å². The molecule has 0 N–H and O–H groups in total. The third-order valence-electron chi connectivity index (χ3n) is 6.76. The lowest BCUT2D eigenvalue weighted by Gasteiger charge is -2.25. The van der Waals surface area contributed by atoms with Gasteiger partial charge >= 0.3 is 0 Å². The second-order valence-electron chi connectivity index (χ2n) is 9.10. The summed E-state index contributed by atoms with van der Waals surface area (Å²) in [5.74, 6) is 2.61. The first kappa shape index (κ1) is 23.1. The van der Waals surface area contributed by atoms with Gasteiger partial charge in [0.1, 0.15) is 5.82 Å². The average Bonchev–Trinajstić information content (AvgIpc) is 3.34. The zero-order chi connectivity index (χ0) is 23.9. The standard InChI is InChI=1S/C25H32N4O4S/c1-4-29-22-10-9-19(34(30,31)27(2)3)16-20(22)26-25(29)17-28-12-5-7-21(28)18-8-11-23-24(15-18)33-14-6-13-32-23/h8-11,15-16,21H,4-7,12-14,17H2,1-3H3/t21-/m1/s1. The molecule has 1 fully saturated rings. The van der Waals surface area contributed by atoms with Crippen LogP contribution in [0.2, 0.25) is 0 Å². The Labute approximate surface area is 201 Å². The molecule has 0 unspecified atom stereocenters. The molecule has 0 radical (unpaired) electrons. The molecule has 0 amide bonds. The van der Waals surface area contributed by atoms with Gasteiger partial charge in [-0.1, -0.05) is 6.07 Å². The van der Waals surface area contributed by atoms with E-state index < -0.39 is 10.0 Å². The average molecular weight is 485 g/mol. The minimum Gasteiger partial charge on any atom is -0.490 e. The number of likely N-dealkylation sites (tertiary alicyclic amines) is 1. The van der Waals surface area contributed by atoms with Crippen LogP contribution in [0.25, 0.3) is 11.0 Å². The van der Waals surface area contributed by atoms with Crippen molar-refractivity contribution in [2.24, 2.45) is 0 Å². The largest absolute Gasteiger partial charge is 0.490 e. The van der Waals surface area contributed by atoms with Crippen LogP contribution in [0.5, 0.6) is 11.5 Å². The molecule has 3 heterocycles. The molecule has 8 nitrogen and oxygen atoms in total. The Morgan fingerprint density at radius 1 is 1.06 bits per heavy atom. The van der Waals surface area contributed by atoms with Crippen LogP contribution >= 0.6 is 0 Å². The van der Waals surface area contributed by atoms with Crippen LogP contribution in [0.15, 0.2) is 41.3 Å².